The first-order chi connectivity index (χ1) is 10.2. The van der Waals surface area contributed by atoms with Crippen LogP contribution in [0.1, 0.15) is 31.7 Å². The van der Waals surface area contributed by atoms with Crippen LogP contribution in [0.4, 0.5) is 0 Å². The van der Waals surface area contributed by atoms with Gasteiger partial charge in [0.1, 0.15) is 0 Å². The molecule has 1 aliphatic heterocycles. The Labute approximate surface area is 127 Å². The van der Waals surface area contributed by atoms with Crippen molar-refractivity contribution in [2.24, 2.45) is 0 Å². The lowest BCUT2D eigenvalue weighted by atomic mass is 10.1. The number of rotatable bonds is 6. The normalized spacial score (nSPS) is 18.3. The summed E-state index contributed by atoms with van der Waals surface area (Å²) >= 11 is 0. The summed E-state index contributed by atoms with van der Waals surface area (Å²) < 4.78 is 0. The highest BCUT2D eigenvalue weighted by atomic mass is 16.3. The summed E-state index contributed by atoms with van der Waals surface area (Å²) in [4.78, 5) is 14.3. The van der Waals surface area contributed by atoms with Gasteiger partial charge >= 0.3 is 0 Å². The number of hydrogen-bond donors (Lipinski definition) is 2. The van der Waals surface area contributed by atoms with Crippen molar-refractivity contribution in [2.75, 3.05) is 19.7 Å². The van der Waals surface area contributed by atoms with Gasteiger partial charge in [-0.05, 0) is 38.2 Å². The maximum Gasteiger partial charge on any atom is 0.239 e. The van der Waals surface area contributed by atoms with Crippen LogP contribution in [0.15, 0.2) is 30.3 Å². The van der Waals surface area contributed by atoms with Crippen LogP contribution in [0.3, 0.4) is 0 Å². The Morgan fingerprint density at radius 2 is 1.90 bits per heavy atom. The van der Waals surface area contributed by atoms with E-state index < -0.39 is 0 Å². The Kier molecular flexibility index (Phi) is 6.21. The molecule has 0 bridgehead atoms. The van der Waals surface area contributed by atoms with Crippen molar-refractivity contribution in [1.82, 2.24) is 10.2 Å². The van der Waals surface area contributed by atoms with E-state index in [0.717, 1.165) is 32.4 Å². The fraction of sp³-hybridized carbons (Fsp3) is 0.588. The van der Waals surface area contributed by atoms with E-state index in [9.17, 15) is 9.90 Å². The van der Waals surface area contributed by atoms with Gasteiger partial charge in [-0.1, -0.05) is 30.3 Å². The van der Waals surface area contributed by atoms with Crippen molar-refractivity contribution < 1.29 is 9.90 Å². The smallest absolute Gasteiger partial charge is 0.239 e. The molecule has 1 aliphatic rings. The standard InChI is InChI=1S/C17H26N2O2/c1-14(17(21)19-10-6-3-7-11-19)18-16(13-20)12-15-8-4-2-5-9-15/h2,4-5,8-9,14,16,18,20H,3,6-7,10-13H2,1H3. The fourth-order valence-corrected chi connectivity index (χ4v) is 2.89. The van der Waals surface area contributed by atoms with Gasteiger partial charge in [0.25, 0.3) is 0 Å². The van der Waals surface area contributed by atoms with Crippen LogP contribution in [-0.4, -0.2) is 47.7 Å². The molecule has 116 valence electrons. The molecule has 1 aromatic carbocycles. The number of nitrogens with one attached hydrogen (secondary N) is 1. The van der Waals surface area contributed by atoms with Gasteiger partial charge in [0.05, 0.1) is 12.6 Å². The molecule has 1 saturated heterocycles. The minimum absolute atomic E-state index is 0.0342. The third kappa shape index (κ3) is 4.83. The summed E-state index contributed by atoms with van der Waals surface area (Å²) in [6.45, 7) is 3.66. The quantitative estimate of drug-likeness (QED) is 0.836. The molecule has 4 nitrogen and oxygen atoms in total. The molecule has 2 rings (SSSR count). The molecule has 2 N–H and O–H groups in total. The van der Waals surface area contributed by atoms with E-state index in [1.54, 1.807) is 0 Å². The lowest BCUT2D eigenvalue weighted by Crippen LogP contribution is -2.51. The highest BCUT2D eigenvalue weighted by Crippen LogP contribution is 2.11. The zero-order valence-corrected chi connectivity index (χ0v) is 12.8. The second-order valence-corrected chi connectivity index (χ2v) is 5.84. The minimum atomic E-state index is -0.246. The van der Waals surface area contributed by atoms with Gasteiger partial charge in [0.2, 0.25) is 5.91 Å². The summed E-state index contributed by atoms with van der Waals surface area (Å²) in [5, 5.41) is 12.8. The molecule has 1 amide bonds. The van der Waals surface area contributed by atoms with Gasteiger partial charge in [0.15, 0.2) is 0 Å². The first-order valence-corrected chi connectivity index (χ1v) is 7.90. The maximum atomic E-state index is 12.4. The van der Waals surface area contributed by atoms with Gasteiger partial charge in [-0.15, -0.1) is 0 Å². The first-order valence-electron chi connectivity index (χ1n) is 7.90. The zero-order chi connectivity index (χ0) is 15.1. The van der Waals surface area contributed by atoms with E-state index >= 15 is 0 Å². The van der Waals surface area contributed by atoms with Gasteiger partial charge in [-0.2, -0.15) is 0 Å². The Bertz CT molecular complexity index is 430. The number of likely N-dealkylation sites (tertiary alicyclic amines) is 1. The van der Waals surface area contributed by atoms with Crippen molar-refractivity contribution in [1.29, 1.82) is 0 Å². The third-order valence-corrected chi connectivity index (χ3v) is 4.07. The topological polar surface area (TPSA) is 52.6 Å². The van der Waals surface area contributed by atoms with Crippen molar-refractivity contribution >= 4 is 5.91 Å². The molecule has 4 heteroatoms. The van der Waals surface area contributed by atoms with E-state index in [-0.39, 0.29) is 24.6 Å². The molecule has 0 radical (unpaired) electrons. The van der Waals surface area contributed by atoms with Gasteiger partial charge in [-0.25, -0.2) is 0 Å². The highest BCUT2D eigenvalue weighted by Gasteiger charge is 2.23. The summed E-state index contributed by atoms with van der Waals surface area (Å²) in [7, 11) is 0. The Hall–Kier alpha value is -1.39. The van der Waals surface area contributed by atoms with Crippen LogP contribution in [0, 0.1) is 0 Å². The summed E-state index contributed by atoms with van der Waals surface area (Å²) in [5.41, 5.74) is 1.17. The lowest BCUT2D eigenvalue weighted by Gasteiger charge is -2.31. The first kappa shape index (κ1) is 16.0. The molecule has 0 aliphatic carbocycles. The average Bonchev–Trinajstić information content (AvgIpc) is 2.55. The number of carbonyl (C=O) groups is 1. The Morgan fingerprint density at radius 1 is 1.24 bits per heavy atom. The molecule has 21 heavy (non-hydrogen) atoms. The molecule has 1 fully saturated rings. The van der Waals surface area contributed by atoms with E-state index in [4.69, 9.17) is 0 Å². The van der Waals surface area contributed by atoms with Crippen molar-refractivity contribution in [3.63, 3.8) is 0 Å². The minimum Gasteiger partial charge on any atom is -0.395 e. The van der Waals surface area contributed by atoms with Crippen LogP contribution in [0.5, 0.6) is 0 Å². The Balaban J connectivity index is 1.86. The number of piperidine rings is 1. The summed E-state index contributed by atoms with van der Waals surface area (Å²) in [5.74, 6) is 0.154. The average molecular weight is 290 g/mol. The van der Waals surface area contributed by atoms with Crippen molar-refractivity contribution in [3.8, 4) is 0 Å². The molecular weight excluding hydrogens is 264 g/mol. The van der Waals surface area contributed by atoms with Crippen LogP contribution in [0.2, 0.25) is 0 Å². The van der Waals surface area contributed by atoms with E-state index in [0.29, 0.717) is 0 Å². The van der Waals surface area contributed by atoms with Crippen molar-refractivity contribution in [2.45, 2.75) is 44.7 Å². The molecule has 2 atom stereocenters. The van der Waals surface area contributed by atoms with E-state index in [1.807, 2.05) is 42.2 Å². The van der Waals surface area contributed by atoms with Crippen LogP contribution in [-0.2, 0) is 11.2 Å². The van der Waals surface area contributed by atoms with E-state index in [1.165, 1.54) is 12.0 Å². The zero-order valence-electron chi connectivity index (χ0n) is 12.8. The van der Waals surface area contributed by atoms with Crippen LogP contribution in [0.25, 0.3) is 0 Å². The second kappa shape index (κ2) is 8.15. The fourth-order valence-electron chi connectivity index (χ4n) is 2.89. The van der Waals surface area contributed by atoms with E-state index in [2.05, 4.69) is 5.32 Å². The lowest BCUT2D eigenvalue weighted by molar-refractivity contribution is -0.134. The number of carbonyl (C=O) groups excluding carboxylic acids is 1. The maximum absolute atomic E-state index is 12.4. The predicted octanol–water partition coefficient (Wildman–Crippen LogP) is 1.58. The molecule has 2 unspecified atom stereocenters. The predicted molar refractivity (Wildman–Crippen MR) is 84.0 cm³/mol. The number of amides is 1. The third-order valence-electron chi connectivity index (χ3n) is 4.07. The monoisotopic (exact) mass is 290 g/mol. The molecular formula is C17H26N2O2. The number of aliphatic hydroxyl groups excluding tert-OH is 1. The Morgan fingerprint density at radius 3 is 2.52 bits per heavy atom. The van der Waals surface area contributed by atoms with Crippen LogP contribution >= 0.6 is 0 Å². The van der Waals surface area contributed by atoms with Gasteiger partial charge in [0, 0.05) is 19.1 Å². The van der Waals surface area contributed by atoms with Crippen LogP contribution < -0.4 is 5.32 Å². The SMILES string of the molecule is CC(NC(CO)Cc1ccccc1)C(=O)N1CCCCC1. The molecule has 0 aromatic heterocycles. The summed E-state index contributed by atoms with van der Waals surface area (Å²) in [6.07, 6.45) is 4.16. The number of hydrogen-bond acceptors (Lipinski definition) is 3. The van der Waals surface area contributed by atoms with Gasteiger partial charge in [-0.3, -0.25) is 4.79 Å². The molecule has 1 aromatic rings. The molecule has 0 saturated carbocycles. The molecule has 1 heterocycles. The number of aliphatic hydroxyl groups is 1. The van der Waals surface area contributed by atoms with Gasteiger partial charge < -0.3 is 15.3 Å². The summed E-state index contributed by atoms with van der Waals surface area (Å²) in [6, 6.07) is 9.72. The highest BCUT2D eigenvalue weighted by molar-refractivity contribution is 5.81. The number of nitrogens with zero attached hydrogens (tertiary/aromatic N) is 1. The molecule has 0 spiro atoms. The largest absolute Gasteiger partial charge is 0.395 e. The second-order valence-electron chi connectivity index (χ2n) is 5.84. The van der Waals surface area contributed by atoms with Crippen molar-refractivity contribution in [3.05, 3.63) is 35.9 Å². The number of benzene rings is 1.